The number of ether oxygens (including phenoxy) is 1. The number of nitrogens with zero attached hydrogens (tertiary/aromatic N) is 1. The van der Waals surface area contributed by atoms with Crippen LogP contribution in [0.4, 0.5) is 18.9 Å². The van der Waals surface area contributed by atoms with Crippen molar-refractivity contribution in [1.82, 2.24) is 5.32 Å². The number of anilines is 1. The maximum Gasteiger partial charge on any atom is 0.471 e. The van der Waals surface area contributed by atoms with Crippen molar-refractivity contribution in [2.75, 3.05) is 11.4 Å². The number of amides is 1. The Balaban J connectivity index is 1.83. The molecule has 0 radical (unpaired) electrons. The molecule has 1 amide bonds. The van der Waals surface area contributed by atoms with Crippen molar-refractivity contribution in [1.29, 1.82) is 0 Å². The monoisotopic (exact) mass is 430 g/mol. The lowest BCUT2D eigenvalue weighted by molar-refractivity contribution is -0.174. The maximum atomic E-state index is 12.9. The van der Waals surface area contributed by atoms with Crippen LogP contribution in [0.25, 0.3) is 0 Å². The fourth-order valence-corrected chi connectivity index (χ4v) is 4.12. The molecule has 0 saturated carbocycles. The molecule has 1 N–H and O–H groups in total. The number of rotatable bonds is 1. The van der Waals surface area contributed by atoms with Crippen LogP contribution < -0.4 is 15.0 Å². The van der Waals surface area contributed by atoms with Crippen LogP contribution >= 0.6 is 23.2 Å². The van der Waals surface area contributed by atoms with Crippen LogP contribution in [0.3, 0.4) is 0 Å². The molecule has 9 heteroatoms. The van der Waals surface area contributed by atoms with Crippen LogP contribution in [0.15, 0.2) is 36.4 Å². The molecule has 4 rings (SSSR count). The molecule has 28 heavy (non-hydrogen) atoms. The van der Waals surface area contributed by atoms with Crippen molar-refractivity contribution in [3.63, 3.8) is 0 Å². The zero-order chi connectivity index (χ0) is 20.1. The first-order valence-corrected chi connectivity index (χ1v) is 9.41. The van der Waals surface area contributed by atoms with Crippen LogP contribution in [-0.2, 0) is 4.79 Å². The van der Waals surface area contributed by atoms with Gasteiger partial charge in [0.2, 0.25) is 0 Å². The highest BCUT2D eigenvalue weighted by Crippen LogP contribution is 2.49. The molecule has 2 aliphatic rings. The van der Waals surface area contributed by atoms with Gasteiger partial charge < -0.3 is 15.0 Å². The van der Waals surface area contributed by atoms with E-state index in [-0.39, 0.29) is 0 Å². The largest absolute Gasteiger partial charge is 0.471 e. The Morgan fingerprint density at radius 2 is 1.86 bits per heavy atom. The fourth-order valence-electron chi connectivity index (χ4n) is 3.81. The third-order valence-corrected chi connectivity index (χ3v) is 5.70. The molecule has 2 aliphatic heterocycles. The second-order valence-corrected chi connectivity index (χ2v) is 7.55. The van der Waals surface area contributed by atoms with Gasteiger partial charge in [0.25, 0.3) is 0 Å². The second-order valence-electron chi connectivity index (χ2n) is 6.73. The second kappa shape index (κ2) is 7.04. The number of hydrogen-bond acceptors (Lipinski definition) is 3. The minimum Gasteiger partial charge on any atom is -0.455 e. The van der Waals surface area contributed by atoms with E-state index in [4.69, 9.17) is 27.9 Å². The van der Waals surface area contributed by atoms with Gasteiger partial charge in [-0.1, -0.05) is 41.4 Å². The average molecular weight is 431 g/mol. The van der Waals surface area contributed by atoms with E-state index in [0.717, 1.165) is 0 Å². The first kappa shape index (κ1) is 19.2. The van der Waals surface area contributed by atoms with Gasteiger partial charge in [0.1, 0.15) is 5.75 Å². The number of fused-ring (bicyclic) bond motifs is 5. The van der Waals surface area contributed by atoms with E-state index >= 15 is 0 Å². The van der Waals surface area contributed by atoms with Crippen LogP contribution in [0.2, 0.25) is 10.0 Å². The van der Waals surface area contributed by atoms with Gasteiger partial charge in [0.05, 0.1) is 27.8 Å². The van der Waals surface area contributed by atoms with E-state index in [0.29, 0.717) is 52.2 Å². The quantitative estimate of drug-likeness (QED) is 0.650. The summed E-state index contributed by atoms with van der Waals surface area (Å²) in [5.74, 6) is -0.980. The van der Waals surface area contributed by atoms with E-state index in [1.165, 1.54) is 0 Å². The Morgan fingerprint density at radius 1 is 1.14 bits per heavy atom. The molecule has 1 saturated heterocycles. The molecular weight excluding hydrogens is 416 g/mol. The summed E-state index contributed by atoms with van der Waals surface area (Å²) in [5, 5.41) is 2.79. The minimum atomic E-state index is -4.95. The summed E-state index contributed by atoms with van der Waals surface area (Å²) in [6.45, 7) is 0.575. The third kappa shape index (κ3) is 3.37. The van der Waals surface area contributed by atoms with Crippen LogP contribution in [0.5, 0.6) is 11.5 Å². The van der Waals surface area contributed by atoms with Crippen LogP contribution in [-0.4, -0.2) is 24.7 Å². The normalized spacial score (nSPS) is 21.0. The molecule has 4 nitrogen and oxygen atoms in total. The molecule has 2 aromatic rings. The Labute approximate surface area is 169 Å². The molecule has 148 valence electrons. The summed E-state index contributed by atoms with van der Waals surface area (Å²) in [6, 6.07) is 9.05. The summed E-state index contributed by atoms with van der Waals surface area (Å²) in [5.41, 5.74) is 1.32. The fraction of sp³-hybridized carbons (Fsp3) is 0.316. The Hall–Kier alpha value is -2.12. The van der Waals surface area contributed by atoms with Gasteiger partial charge in [-0.15, -0.1) is 0 Å². The number of halogens is 5. The number of para-hydroxylation sites is 1. The van der Waals surface area contributed by atoms with Crippen molar-refractivity contribution >= 4 is 34.8 Å². The number of carbonyl (C=O) groups excluding carboxylic acids is 1. The zero-order valence-corrected chi connectivity index (χ0v) is 15.9. The SMILES string of the molecule is O=C(NC1CCCN2c3cc(Cl)c(Cl)cc3Oc3ccccc3C12)C(F)(F)F. The van der Waals surface area contributed by atoms with Crippen molar-refractivity contribution in [3.05, 3.63) is 52.0 Å². The average Bonchev–Trinajstić information content (AvgIpc) is 2.77. The van der Waals surface area contributed by atoms with Gasteiger partial charge in [-0.25, -0.2) is 0 Å². The topological polar surface area (TPSA) is 41.6 Å². The Morgan fingerprint density at radius 3 is 2.61 bits per heavy atom. The van der Waals surface area contributed by atoms with E-state index in [1.54, 1.807) is 36.4 Å². The van der Waals surface area contributed by atoms with Gasteiger partial charge in [0, 0.05) is 18.2 Å². The lowest BCUT2D eigenvalue weighted by atomic mass is 9.89. The standard InChI is InChI=1S/C19H15Cl2F3N2O2/c20-11-8-14-16(9-12(11)21)28-15-6-2-1-4-10(15)17-13(5-3-7-26(14)17)25-18(27)19(22,23)24/h1-2,4,6,8-9,13,17H,3,5,7H2,(H,25,27). The lowest BCUT2D eigenvalue weighted by Gasteiger charge is -2.42. The van der Waals surface area contributed by atoms with E-state index < -0.39 is 24.2 Å². The van der Waals surface area contributed by atoms with Gasteiger partial charge in [-0.3, -0.25) is 4.79 Å². The van der Waals surface area contributed by atoms with Gasteiger partial charge >= 0.3 is 12.1 Å². The molecule has 2 heterocycles. The van der Waals surface area contributed by atoms with Crippen molar-refractivity contribution in [2.24, 2.45) is 0 Å². The summed E-state index contributed by atoms with van der Waals surface area (Å²) >= 11 is 12.3. The first-order chi connectivity index (χ1) is 13.3. The third-order valence-electron chi connectivity index (χ3n) is 4.97. The van der Waals surface area contributed by atoms with E-state index in [1.807, 2.05) is 4.90 Å². The number of hydrogen-bond donors (Lipinski definition) is 1. The smallest absolute Gasteiger partial charge is 0.455 e. The summed E-state index contributed by atoms with van der Waals surface area (Å²) < 4.78 is 44.6. The molecule has 2 unspecified atom stereocenters. The molecule has 2 atom stereocenters. The van der Waals surface area contributed by atoms with Crippen molar-refractivity contribution in [2.45, 2.75) is 31.1 Å². The molecule has 0 bridgehead atoms. The Kier molecular flexibility index (Phi) is 4.83. The molecule has 0 spiro atoms. The summed E-state index contributed by atoms with van der Waals surface area (Å²) in [6.07, 6.45) is -3.94. The number of alkyl halides is 3. The highest BCUT2D eigenvalue weighted by Gasteiger charge is 2.44. The predicted molar refractivity (Wildman–Crippen MR) is 100 cm³/mol. The van der Waals surface area contributed by atoms with Gasteiger partial charge in [-0.2, -0.15) is 13.2 Å². The molecule has 0 aromatic heterocycles. The highest BCUT2D eigenvalue weighted by atomic mass is 35.5. The minimum absolute atomic E-state index is 0.315. The summed E-state index contributed by atoms with van der Waals surface area (Å²) in [4.78, 5) is 13.5. The highest BCUT2D eigenvalue weighted by molar-refractivity contribution is 6.42. The van der Waals surface area contributed by atoms with Gasteiger partial charge in [0.15, 0.2) is 5.75 Å². The number of carbonyl (C=O) groups is 1. The first-order valence-electron chi connectivity index (χ1n) is 8.66. The van der Waals surface area contributed by atoms with E-state index in [2.05, 4.69) is 5.32 Å². The van der Waals surface area contributed by atoms with Crippen LogP contribution in [0.1, 0.15) is 24.4 Å². The number of piperidine rings is 1. The predicted octanol–water partition coefficient (Wildman–Crippen LogP) is 5.49. The van der Waals surface area contributed by atoms with Gasteiger partial charge in [-0.05, 0) is 25.0 Å². The van der Waals surface area contributed by atoms with Crippen LogP contribution in [0, 0.1) is 0 Å². The maximum absolute atomic E-state index is 12.9. The lowest BCUT2D eigenvalue weighted by Crippen LogP contribution is -2.52. The molecular formula is C19H15Cl2F3N2O2. The van der Waals surface area contributed by atoms with E-state index in [9.17, 15) is 18.0 Å². The Bertz CT molecular complexity index is 936. The summed E-state index contributed by atoms with van der Waals surface area (Å²) in [7, 11) is 0. The number of benzene rings is 2. The number of nitrogens with one attached hydrogen (secondary N) is 1. The van der Waals surface area contributed by atoms with Crippen molar-refractivity contribution < 1.29 is 22.7 Å². The molecule has 2 aromatic carbocycles. The molecule has 0 aliphatic carbocycles. The van der Waals surface area contributed by atoms with Crippen molar-refractivity contribution in [3.8, 4) is 11.5 Å². The zero-order valence-electron chi connectivity index (χ0n) is 14.4. The molecule has 1 fully saturated rings.